The molecule has 0 saturated carbocycles. The number of hydrogen-bond donors (Lipinski definition) is 1. The first kappa shape index (κ1) is 10.1. The van der Waals surface area contributed by atoms with Gasteiger partial charge < -0.3 is 5.73 Å². The van der Waals surface area contributed by atoms with Crippen molar-refractivity contribution in [2.24, 2.45) is 5.73 Å². The van der Waals surface area contributed by atoms with Gasteiger partial charge in [-0.25, -0.2) is 9.67 Å². The largest absolute Gasteiger partial charge is 0.388 e. The molecule has 2 aromatic heterocycles. The maximum Gasteiger partial charge on any atom is 0.154 e. The lowest BCUT2D eigenvalue weighted by Gasteiger charge is -2.02. The molecule has 2 N–H and O–H groups in total. The number of aromatic nitrogens is 3. The van der Waals surface area contributed by atoms with Crippen LogP contribution in [0.2, 0.25) is 5.02 Å². The Morgan fingerprint density at radius 1 is 1.47 bits per heavy atom. The van der Waals surface area contributed by atoms with Crippen molar-refractivity contribution in [2.75, 3.05) is 0 Å². The molecule has 6 heteroatoms. The van der Waals surface area contributed by atoms with Crippen molar-refractivity contribution >= 4 is 28.8 Å². The fourth-order valence-corrected chi connectivity index (χ4v) is 1.36. The predicted molar refractivity (Wildman–Crippen MR) is 62.3 cm³/mol. The molecular weight excluding hydrogens is 232 g/mol. The van der Waals surface area contributed by atoms with E-state index in [2.05, 4.69) is 10.1 Å². The van der Waals surface area contributed by atoms with Crippen molar-refractivity contribution in [1.29, 1.82) is 0 Å². The van der Waals surface area contributed by atoms with Crippen molar-refractivity contribution in [1.82, 2.24) is 14.8 Å². The topological polar surface area (TPSA) is 56.7 Å². The zero-order valence-corrected chi connectivity index (χ0v) is 9.16. The van der Waals surface area contributed by atoms with Gasteiger partial charge in [-0.2, -0.15) is 5.10 Å². The second-order valence-corrected chi connectivity index (χ2v) is 3.72. The third-order valence-corrected chi connectivity index (χ3v) is 2.18. The van der Waals surface area contributed by atoms with Gasteiger partial charge in [-0.15, -0.1) is 0 Å². The first-order chi connectivity index (χ1) is 7.16. The molecule has 2 heterocycles. The molecule has 0 aromatic carbocycles. The van der Waals surface area contributed by atoms with Crippen LogP contribution in [0.4, 0.5) is 0 Å². The summed E-state index contributed by atoms with van der Waals surface area (Å²) in [4.78, 5) is 4.49. The molecule has 0 radical (unpaired) electrons. The van der Waals surface area contributed by atoms with Gasteiger partial charge in [0.2, 0.25) is 0 Å². The SMILES string of the molecule is NC(=S)c1cccc(-n2cc(Cl)cn2)n1. The van der Waals surface area contributed by atoms with Crippen LogP contribution in [0, 0.1) is 0 Å². The highest BCUT2D eigenvalue weighted by Crippen LogP contribution is 2.10. The van der Waals surface area contributed by atoms with E-state index >= 15 is 0 Å². The van der Waals surface area contributed by atoms with Crippen LogP contribution in [0.1, 0.15) is 5.69 Å². The van der Waals surface area contributed by atoms with Crippen molar-refractivity contribution in [3.05, 3.63) is 41.3 Å². The van der Waals surface area contributed by atoms with Crippen molar-refractivity contribution in [3.8, 4) is 5.82 Å². The molecule has 0 atom stereocenters. The Balaban J connectivity index is 2.45. The first-order valence-corrected chi connectivity index (χ1v) is 4.93. The quantitative estimate of drug-likeness (QED) is 0.807. The lowest BCUT2D eigenvalue weighted by atomic mass is 10.3. The van der Waals surface area contributed by atoms with Crippen LogP contribution < -0.4 is 5.73 Å². The van der Waals surface area contributed by atoms with Crippen LogP contribution >= 0.6 is 23.8 Å². The minimum Gasteiger partial charge on any atom is -0.388 e. The molecule has 0 aliphatic carbocycles. The molecule has 0 bridgehead atoms. The predicted octanol–water partition coefficient (Wildman–Crippen LogP) is 1.55. The molecule has 2 rings (SSSR count). The van der Waals surface area contributed by atoms with Gasteiger partial charge in [0.1, 0.15) is 4.99 Å². The monoisotopic (exact) mass is 238 g/mol. The summed E-state index contributed by atoms with van der Waals surface area (Å²) in [5.41, 5.74) is 6.04. The Morgan fingerprint density at radius 2 is 2.27 bits per heavy atom. The summed E-state index contributed by atoms with van der Waals surface area (Å²) < 4.78 is 1.56. The number of pyridine rings is 1. The molecule has 0 aliphatic rings. The van der Waals surface area contributed by atoms with E-state index in [0.717, 1.165) is 0 Å². The highest BCUT2D eigenvalue weighted by atomic mass is 35.5. The van der Waals surface area contributed by atoms with Crippen LogP contribution in [-0.4, -0.2) is 19.8 Å². The summed E-state index contributed by atoms with van der Waals surface area (Å²) in [6.45, 7) is 0. The average molecular weight is 239 g/mol. The van der Waals surface area contributed by atoms with E-state index in [9.17, 15) is 0 Å². The maximum absolute atomic E-state index is 5.75. The van der Waals surface area contributed by atoms with Crippen LogP contribution in [0.3, 0.4) is 0 Å². The number of rotatable bonds is 2. The number of thiocarbonyl (C=S) groups is 1. The smallest absolute Gasteiger partial charge is 0.154 e. The molecule has 0 amide bonds. The van der Waals surface area contributed by atoms with Gasteiger partial charge in [-0.1, -0.05) is 29.9 Å². The number of nitrogens with two attached hydrogens (primary N) is 1. The fourth-order valence-electron chi connectivity index (χ4n) is 1.11. The van der Waals surface area contributed by atoms with Gasteiger partial charge in [0.05, 0.1) is 23.1 Å². The standard InChI is InChI=1S/C9H7ClN4S/c10-6-4-12-14(5-6)8-3-1-2-7(13-8)9(11)15/h1-5H,(H2,11,15). The summed E-state index contributed by atoms with van der Waals surface area (Å²) in [7, 11) is 0. The van der Waals surface area contributed by atoms with Crippen molar-refractivity contribution in [3.63, 3.8) is 0 Å². The Hall–Kier alpha value is -1.46. The maximum atomic E-state index is 5.75. The molecule has 0 saturated heterocycles. The number of halogens is 1. The van der Waals surface area contributed by atoms with Crippen molar-refractivity contribution in [2.45, 2.75) is 0 Å². The van der Waals surface area contributed by atoms with Gasteiger partial charge in [-0.05, 0) is 12.1 Å². The third kappa shape index (κ3) is 2.14. The normalized spacial score (nSPS) is 10.2. The minimum atomic E-state index is 0.259. The van der Waals surface area contributed by atoms with E-state index < -0.39 is 0 Å². The second kappa shape index (κ2) is 3.96. The van der Waals surface area contributed by atoms with Gasteiger partial charge in [-0.3, -0.25) is 0 Å². The van der Waals surface area contributed by atoms with Gasteiger partial charge in [0.15, 0.2) is 5.82 Å². The Labute approximate surface area is 96.7 Å². The molecule has 15 heavy (non-hydrogen) atoms. The third-order valence-electron chi connectivity index (χ3n) is 1.77. The summed E-state index contributed by atoms with van der Waals surface area (Å²) in [6, 6.07) is 5.36. The second-order valence-electron chi connectivity index (χ2n) is 2.85. The molecular formula is C9H7ClN4S. The van der Waals surface area contributed by atoms with Crippen LogP contribution in [0.25, 0.3) is 5.82 Å². The zero-order chi connectivity index (χ0) is 10.8. The molecule has 0 aliphatic heterocycles. The fraction of sp³-hybridized carbons (Fsp3) is 0. The van der Waals surface area contributed by atoms with Crippen molar-refractivity contribution < 1.29 is 0 Å². The van der Waals surface area contributed by atoms with Crippen LogP contribution in [0.15, 0.2) is 30.6 Å². The highest BCUT2D eigenvalue weighted by Gasteiger charge is 2.03. The van der Waals surface area contributed by atoms with E-state index in [0.29, 0.717) is 16.5 Å². The van der Waals surface area contributed by atoms with Gasteiger partial charge >= 0.3 is 0 Å². The number of hydrogen-bond acceptors (Lipinski definition) is 3. The van der Waals surface area contributed by atoms with E-state index in [1.807, 2.05) is 6.07 Å². The lowest BCUT2D eigenvalue weighted by molar-refractivity contribution is 0.845. The van der Waals surface area contributed by atoms with Crippen LogP contribution in [-0.2, 0) is 0 Å². The highest BCUT2D eigenvalue weighted by molar-refractivity contribution is 7.80. The van der Waals surface area contributed by atoms with Gasteiger partial charge in [0, 0.05) is 0 Å². The Morgan fingerprint density at radius 3 is 2.87 bits per heavy atom. The van der Waals surface area contributed by atoms with E-state index in [1.54, 1.807) is 23.0 Å². The average Bonchev–Trinajstić information content (AvgIpc) is 2.65. The Kier molecular flexibility index (Phi) is 2.66. The van der Waals surface area contributed by atoms with E-state index in [4.69, 9.17) is 29.6 Å². The zero-order valence-electron chi connectivity index (χ0n) is 7.59. The Bertz CT molecular complexity index is 508. The molecule has 0 fully saturated rings. The molecule has 0 unspecified atom stereocenters. The first-order valence-electron chi connectivity index (χ1n) is 4.14. The lowest BCUT2D eigenvalue weighted by Crippen LogP contribution is -2.12. The molecule has 4 nitrogen and oxygen atoms in total. The van der Waals surface area contributed by atoms with E-state index in [-0.39, 0.29) is 4.99 Å². The molecule has 76 valence electrons. The molecule has 0 spiro atoms. The minimum absolute atomic E-state index is 0.259. The van der Waals surface area contributed by atoms with Gasteiger partial charge in [0.25, 0.3) is 0 Å². The summed E-state index contributed by atoms with van der Waals surface area (Å²) in [6.07, 6.45) is 3.20. The summed E-state index contributed by atoms with van der Waals surface area (Å²) >= 11 is 10.6. The summed E-state index contributed by atoms with van der Waals surface area (Å²) in [5.74, 6) is 0.632. The summed E-state index contributed by atoms with van der Waals surface area (Å²) in [5, 5.41) is 4.58. The van der Waals surface area contributed by atoms with Crippen LogP contribution in [0.5, 0.6) is 0 Å². The number of nitrogens with zero attached hydrogens (tertiary/aromatic N) is 3. The van der Waals surface area contributed by atoms with E-state index in [1.165, 1.54) is 6.20 Å². The molecule has 2 aromatic rings.